The van der Waals surface area contributed by atoms with Gasteiger partial charge in [0, 0.05) is 0 Å². The summed E-state index contributed by atoms with van der Waals surface area (Å²) in [4.78, 5) is 10.6. The van der Waals surface area contributed by atoms with Crippen molar-refractivity contribution in [2.45, 2.75) is 24.8 Å². The molecule has 0 fully saturated rings. The van der Waals surface area contributed by atoms with Gasteiger partial charge in [0.1, 0.15) is 16.8 Å². The van der Waals surface area contributed by atoms with Gasteiger partial charge in [-0.25, -0.2) is 12.8 Å². The molecule has 0 aromatic heterocycles. The third-order valence-corrected chi connectivity index (χ3v) is 3.82. The predicted octanol–water partition coefficient (Wildman–Crippen LogP) is 0.974. The highest BCUT2D eigenvalue weighted by molar-refractivity contribution is 7.89. The largest absolute Gasteiger partial charge is 0.468 e. The molecule has 0 aliphatic rings. The molecule has 0 unspecified atom stereocenters. The third-order valence-electron chi connectivity index (χ3n) is 2.26. The maximum atomic E-state index is 13.5. The van der Waals surface area contributed by atoms with Crippen molar-refractivity contribution in [1.29, 1.82) is 0 Å². The average molecular weight is 275 g/mol. The Kier molecular flexibility index (Phi) is 4.42. The summed E-state index contributed by atoms with van der Waals surface area (Å²) in [5, 5.41) is 0. The zero-order chi connectivity index (χ0) is 13.9. The highest BCUT2D eigenvalue weighted by Crippen LogP contribution is 2.16. The van der Waals surface area contributed by atoms with Crippen molar-refractivity contribution in [2.24, 2.45) is 0 Å². The second kappa shape index (κ2) is 5.45. The summed E-state index contributed by atoms with van der Waals surface area (Å²) in [5.41, 5.74) is 0.600. The van der Waals surface area contributed by atoms with Gasteiger partial charge in [-0.3, -0.25) is 4.79 Å². The van der Waals surface area contributed by atoms with Crippen LogP contribution in [-0.2, 0) is 19.6 Å². The van der Waals surface area contributed by atoms with Crippen LogP contribution in [0.25, 0.3) is 0 Å². The first-order valence-corrected chi connectivity index (χ1v) is 6.62. The van der Waals surface area contributed by atoms with E-state index < -0.39 is 32.7 Å². The number of carbonyl (C=O) groups is 1. The molecule has 0 amide bonds. The monoisotopic (exact) mass is 275 g/mol. The van der Waals surface area contributed by atoms with Crippen LogP contribution in [0.4, 0.5) is 4.39 Å². The molecule has 1 atom stereocenters. The number of ether oxygens (including phenoxy) is 1. The van der Waals surface area contributed by atoms with Gasteiger partial charge in [-0.15, -0.1) is 0 Å². The van der Waals surface area contributed by atoms with E-state index in [4.69, 9.17) is 0 Å². The molecule has 0 saturated carbocycles. The van der Waals surface area contributed by atoms with E-state index in [1.807, 2.05) is 4.72 Å². The second-order valence-electron chi connectivity index (χ2n) is 3.80. The summed E-state index contributed by atoms with van der Waals surface area (Å²) >= 11 is 0. The molecule has 0 radical (unpaired) electrons. The van der Waals surface area contributed by atoms with Crippen molar-refractivity contribution in [3.8, 4) is 0 Å². The fraction of sp³-hybridized carbons (Fsp3) is 0.364. The number of sulfonamides is 1. The van der Waals surface area contributed by atoms with Gasteiger partial charge in [0.25, 0.3) is 0 Å². The smallest absolute Gasteiger partial charge is 0.323 e. The number of esters is 1. The molecule has 5 nitrogen and oxygen atoms in total. The quantitative estimate of drug-likeness (QED) is 0.831. The lowest BCUT2D eigenvalue weighted by Gasteiger charge is -2.12. The van der Waals surface area contributed by atoms with Crippen LogP contribution < -0.4 is 4.72 Å². The molecule has 0 saturated heterocycles. The molecule has 1 N–H and O–H groups in total. The Morgan fingerprint density at radius 3 is 2.61 bits per heavy atom. The zero-order valence-electron chi connectivity index (χ0n) is 10.2. The van der Waals surface area contributed by atoms with E-state index in [2.05, 4.69) is 4.74 Å². The van der Waals surface area contributed by atoms with Crippen LogP contribution >= 0.6 is 0 Å². The summed E-state index contributed by atoms with van der Waals surface area (Å²) in [5.74, 6) is -1.61. The van der Waals surface area contributed by atoms with Gasteiger partial charge in [0.05, 0.1) is 7.11 Å². The van der Waals surface area contributed by atoms with E-state index in [0.717, 1.165) is 13.2 Å². The minimum atomic E-state index is -4.09. The molecule has 0 aliphatic carbocycles. The Bertz CT molecular complexity index is 556. The Balaban J connectivity index is 3.07. The van der Waals surface area contributed by atoms with E-state index >= 15 is 0 Å². The van der Waals surface area contributed by atoms with E-state index in [1.165, 1.54) is 19.1 Å². The molecule has 0 spiro atoms. The van der Waals surface area contributed by atoms with Crippen LogP contribution in [0.1, 0.15) is 12.5 Å². The maximum Gasteiger partial charge on any atom is 0.323 e. The Hall–Kier alpha value is -1.47. The first-order valence-electron chi connectivity index (χ1n) is 5.14. The number of nitrogens with one attached hydrogen (secondary N) is 1. The van der Waals surface area contributed by atoms with Crippen molar-refractivity contribution in [3.05, 3.63) is 29.6 Å². The number of rotatable bonds is 4. The predicted molar refractivity (Wildman–Crippen MR) is 62.9 cm³/mol. The van der Waals surface area contributed by atoms with Crippen LogP contribution in [0, 0.1) is 12.7 Å². The van der Waals surface area contributed by atoms with Gasteiger partial charge < -0.3 is 4.74 Å². The first-order chi connectivity index (χ1) is 8.27. The fourth-order valence-corrected chi connectivity index (χ4v) is 2.69. The molecule has 18 heavy (non-hydrogen) atoms. The van der Waals surface area contributed by atoms with Gasteiger partial charge in [-0.05, 0) is 31.5 Å². The van der Waals surface area contributed by atoms with Crippen LogP contribution in [0.15, 0.2) is 23.1 Å². The molecule has 1 aromatic rings. The number of hydrogen-bond donors (Lipinski definition) is 1. The molecule has 1 aromatic carbocycles. The molecule has 1 rings (SSSR count). The number of benzene rings is 1. The van der Waals surface area contributed by atoms with Crippen molar-refractivity contribution in [1.82, 2.24) is 4.72 Å². The fourth-order valence-electron chi connectivity index (χ4n) is 1.34. The summed E-state index contributed by atoms with van der Waals surface area (Å²) in [6, 6.07) is 2.63. The lowest BCUT2D eigenvalue weighted by Crippen LogP contribution is -2.39. The number of hydrogen-bond acceptors (Lipinski definition) is 4. The standard InChI is InChI=1S/C11H14FNO4S/c1-7-4-5-9(12)10(6-7)18(15,16)13-8(2)11(14)17-3/h4-6,8,13H,1-3H3/t8-/m0/s1. The minimum Gasteiger partial charge on any atom is -0.468 e. The summed E-state index contributed by atoms with van der Waals surface area (Å²) < 4.78 is 43.7. The highest BCUT2D eigenvalue weighted by Gasteiger charge is 2.25. The van der Waals surface area contributed by atoms with Gasteiger partial charge in [0.2, 0.25) is 10.0 Å². The van der Waals surface area contributed by atoms with Crippen LogP contribution in [0.3, 0.4) is 0 Å². The van der Waals surface area contributed by atoms with Crippen LogP contribution in [0.5, 0.6) is 0 Å². The SMILES string of the molecule is COC(=O)[C@H](C)NS(=O)(=O)c1cc(C)ccc1F. The molecule has 0 aliphatic heterocycles. The Labute approximate surface area is 105 Å². The zero-order valence-corrected chi connectivity index (χ0v) is 11.0. The topological polar surface area (TPSA) is 72.5 Å². The van der Waals surface area contributed by atoms with E-state index in [9.17, 15) is 17.6 Å². The number of halogens is 1. The minimum absolute atomic E-state index is 0.488. The summed E-state index contributed by atoms with van der Waals surface area (Å²) in [6.45, 7) is 2.96. The lowest BCUT2D eigenvalue weighted by molar-refractivity contribution is -0.142. The van der Waals surface area contributed by atoms with Crippen molar-refractivity contribution < 1.29 is 22.3 Å². The normalized spacial score (nSPS) is 13.1. The summed E-state index contributed by atoms with van der Waals surface area (Å²) in [7, 11) is -2.95. The van der Waals surface area contributed by atoms with Gasteiger partial charge in [-0.1, -0.05) is 6.07 Å². The Morgan fingerprint density at radius 2 is 2.06 bits per heavy atom. The lowest BCUT2D eigenvalue weighted by atomic mass is 10.2. The van der Waals surface area contributed by atoms with Crippen LogP contribution in [0.2, 0.25) is 0 Å². The van der Waals surface area contributed by atoms with E-state index in [0.29, 0.717) is 5.56 Å². The number of carbonyl (C=O) groups excluding carboxylic acids is 1. The van der Waals surface area contributed by atoms with Crippen molar-refractivity contribution >= 4 is 16.0 Å². The summed E-state index contributed by atoms with van der Waals surface area (Å²) in [6.07, 6.45) is 0. The third kappa shape index (κ3) is 3.27. The Morgan fingerprint density at radius 1 is 1.44 bits per heavy atom. The van der Waals surface area contributed by atoms with Crippen molar-refractivity contribution in [2.75, 3.05) is 7.11 Å². The number of methoxy groups -OCH3 is 1. The van der Waals surface area contributed by atoms with Crippen molar-refractivity contribution in [3.63, 3.8) is 0 Å². The van der Waals surface area contributed by atoms with Gasteiger partial charge >= 0.3 is 5.97 Å². The highest BCUT2D eigenvalue weighted by atomic mass is 32.2. The number of aryl methyl sites for hydroxylation is 1. The first kappa shape index (κ1) is 14.6. The molecule has 0 bridgehead atoms. The average Bonchev–Trinajstić information content (AvgIpc) is 2.30. The van der Waals surface area contributed by atoms with E-state index in [1.54, 1.807) is 6.92 Å². The molecule has 100 valence electrons. The van der Waals surface area contributed by atoms with E-state index in [-0.39, 0.29) is 0 Å². The van der Waals surface area contributed by atoms with Crippen LogP contribution in [-0.4, -0.2) is 27.5 Å². The molecule has 0 heterocycles. The van der Waals surface area contributed by atoms with Gasteiger partial charge in [0.15, 0.2) is 0 Å². The molecular formula is C11H14FNO4S. The molecular weight excluding hydrogens is 261 g/mol. The molecule has 7 heteroatoms. The maximum absolute atomic E-state index is 13.5. The van der Waals surface area contributed by atoms with Gasteiger partial charge in [-0.2, -0.15) is 4.72 Å². The second-order valence-corrected chi connectivity index (χ2v) is 5.48.